The molecule has 0 aromatic carbocycles. The van der Waals surface area contributed by atoms with E-state index in [1.54, 1.807) is 7.11 Å². The van der Waals surface area contributed by atoms with Gasteiger partial charge in [-0.2, -0.15) is 4.98 Å². The first-order chi connectivity index (χ1) is 8.49. The van der Waals surface area contributed by atoms with E-state index in [2.05, 4.69) is 10.1 Å². The van der Waals surface area contributed by atoms with Crippen LogP contribution in [0.3, 0.4) is 0 Å². The second-order valence-corrected chi connectivity index (χ2v) is 4.93. The van der Waals surface area contributed by atoms with Crippen molar-refractivity contribution in [2.24, 2.45) is 5.92 Å². The SMILES string of the molecule is CCC(CC)(OC)c1noc(CC(O)C(C)C)n1. The zero-order valence-corrected chi connectivity index (χ0v) is 11.9. The van der Waals surface area contributed by atoms with Crippen molar-refractivity contribution in [3.05, 3.63) is 11.7 Å². The molecule has 0 amide bonds. The number of nitrogens with zero attached hydrogens (tertiary/aromatic N) is 2. The highest BCUT2D eigenvalue weighted by Gasteiger charge is 2.33. The number of hydrogen-bond acceptors (Lipinski definition) is 5. The molecule has 0 fully saturated rings. The molecule has 1 unspecified atom stereocenters. The zero-order valence-electron chi connectivity index (χ0n) is 11.9. The predicted octanol–water partition coefficient (Wildman–Crippen LogP) is 2.29. The van der Waals surface area contributed by atoms with Crippen LogP contribution in [0.4, 0.5) is 0 Å². The number of aliphatic hydroxyl groups excluding tert-OH is 1. The quantitative estimate of drug-likeness (QED) is 0.810. The molecule has 5 heteroatoms. The summed E-state index contributed by atoms with van der Waals surface area (Å²) in [5.74, 6) is 1.21. The highest BCUT2D eigenvalue weighted by molar-refractivity contribution is 5.01. The Morgan fingerprint density at radius 1 is 1.33 bits per heavy atom. The third-order valence-corrected chi connectivity index (χ3v) is 3.56. The number of methoxy groups -OCH3 is 1. The molecule has 1 atom stereocenters. The Hall–Kier alpha value is -0.940. The molecule has 1 rings (SSSR count). The molecule has 0 spiro atoms. The minimum absolute atomic E-state index is 0.171. The van der Waals surface area contributed by atoms with Crippen LogP contribution < -0.4 is 0 Å². The van der Waals surface area contributed by atoms with Crippen molar-refractivity contribution < 1.29 is 14.4 Å². The average molecular weight is 256 g/mol. The Labute approximate surface area is 109 Å². The first-order valence-corrected chi connectivity index (χ1v) is 6.55. The molecule has 1 N–H and O–H groups in total. The van der Waals surface area contributed by atoms with E-state index in [0.29, 0.717) is 18.1 Å². The third-order valence-electron chi connectivity index (χ3n) is 3.56. The maximum atomic E-state index is 9.80. The molecule has 0 bridgehead atoms. The van der Waals surface area contributed by atoms with Crippen molar-refractivity contribution in [3.63, 3.8) is 0 Å². The summed E-state index contributed by atoms with van der Waals surface area (Å²) in [5, 5.41) is 13.8. The van der Waals surface area contributed by atoms with Gasteiger partial charge in [0.15, 0.2) is 0 Å². The maximum absolute atomic E-state index is 9.80. The smallest absolute Gasteiger partial charge is 0.229 e. The molecule has 1 aromatic rings. The van der Waals surface area contributed by atoms with E-state index in [-0.39, 0.29) is 5.92 Å². The molecule has 104 valence electrons. The lowest BCUT2D eigenvalue weighted by Crippen LogP contribution is -2.28. The topological polar surface area (TPSA) is 68.4 Å². The molecule has 18 heavy (non-hydrogen) atoms. The molecule has 0 aliphatic rings. The number of ether oxygens (including phenoxy) is 1. The van der Waals surface area contributed by atoms with E-state index < -0.39 is 11.7 Å². The lowest BCUT2D eigenvalue weighted by Gasteiger charge is -2.25. The minimum Gasteiger partial charge on any atom is -0.392 e. The molecule has 0 radical (unpaired) electrons. The van der Waals surface area contributed by atoms with Crippen LogP contribution >= 0.6 is 0 Å². The number of aliphatic hydroxyl groups is 1. The summed E-state index contributed by atoms with van der Waals surface area (Å²) in [7, 11) is 1.66. The van der Waals surface area contributed by atoms with Gasteiger partial charge in [0, 0.05) is 7.11 Å². The van der Waals surface area contributed by atoms with Crippen LogP contribution in [-0.4, -0.2) is 28.5 Å². The van der Waals surface area contributed by atoms with Crippen LogP contribution in [0.2, 0.25) is 0 Å². The highest BCUT2D eigenvalue weighted by atomic mass is 16.5. The Kier molecular flexibility index (Phi) is 5.28. The third kappa shape index (κ3) is 3.09. The molecular formula is C13H24N2O3. The summed E-state index contributed by atoms with van der Waals surface area (Å²) in [6.45, 7) is 7.98. The van der Waals surface area contributed by atoms with E-state index in [0.717, 1.165) is 12.8 Å². The van der Waals surface area contributed by atoms with E-state index in [1.165, 1.54) is 0 Å². The summed E-state index contributed by atoms with van der Waals surface area (Å²) in [4.78, 5) is 4.35. The van der Waals surface area contributed by atoms with Gasteiger partial charge in [-0.15, -0.1) is 0 Å². The standard InChI is InChI=1S/C13H24N2O3/c1-6-13(7-2,17-5)12-14-11(18-15-12)8-10(16)9(3)4/h9-10,16H,6-8H2,1-5H3. The molecule has 1 aromatic heterocycles. The molecule has 0 saturated heterocycles. The van der Waals surface area contributed by atoms with Gasteiger partial charge in [-0.1, -0.05) is 32.9 Å². The second-order valence-electron chi connectivity index (χ2n) is 4.93. The van der Waals surface area contributed by atoms with Gasteiger partial charge in [0.1, 0.15) is 5.60 Å². The van der Waals surface area contributed by atoms with Crippen molar-refractivity contribution >= 4 is 0 Å². The van der Waals surface area contributed by atoms with Crippen LogP contribution in [0.1, 0.15) is 52.3 Å². The molecule has 0 aliphatic heterocycles. The predicted molar refractivity (Wildman–Crippen MR) is 68.1 cm³/mol. The second kappa shape index (κ2) is 6.29. The van der Waals surface area contributed by atoms with Crippen LogP contribution in [0.5, 0.6) is 0 Å². The highest BCUT2D eigenvalue weighted by Crippen LogP contribution is 2.30. The van der Waals surface area contributed by atoms with Crippen LogP contribution in [0.25, 0.3) is 0 Å². The Morgan fingerprint density at radius 2 is 1.94 bits per heavy atom. The van der Waals surface area contributed by atoms with Crippen LogP contribution in [0, 0.1) is 5.92 Å². The first-order valence-electron chi connectivity index (χ1n) is 6.55. The number of hydrogen-bond donors (Lipinski definition) is 1. The van der Waals surface area contributed by atoms with Crippen molar-refractivity contribution in [1.82, 2.24) is 10.1 Å². The first kappa shape index (κ1) is 15.1. The zero-order chi connectivity index (χ0) is 13.8. The van der Waals surface area contributed by atoms with Gasteiger partial charge in [-0.25, -0.2) is 0 Å². The Morgan fingerprint density at radius 3 is 2.39 bits per heavy atom. The summed E-state index contributed by atoms with van der Waals surface area (Å²) in [6.07, 6.45) is 1.49. The summed E-state index contributed by atoms with van der Waals surface area (Å²) in [6, 6.07) is 0. The summed E-state index contributed by atoms with van der Waals surface area (Å²) >= 11 is 0. The van der Waals surface area contributed by atoms with Crippen molar-refractivity contribution in [2.75, 3.05) is 7.11 Å². The fourth-order valence-corrected chi connectivity index (χ4v) is 1.88. The molecule has 1 heterocycles. The summed E-state index contributed by atoms with van der Waals surface area (Å²) in [5.41, 5.74) is -0.482. The van der Waals surface area contributed by atoms with Crippen molar-refractivity contribution in [1.29, 1.82) is 0 Å². The Bertz CT molecular complexity index is 351. The van der Waals surface area contributed by atoms with Gasteiger partial charge in [0.25, 0.3) is 0 Å². The fourth-order valence-electron chi connectivity index (χ4n) is 1.88. The van der Waals surface area contributed by atoms with Crippen molar-refractivity contribution in [2.45, 2.75) is 58.7 Å². The Balaban J connectivity index is 2.85. The van der Waals surface area contributed by atoms with Crippen LogP contribution in [0.15, 0.2) is 4.52 Å². The lowest BCUT2D eigenvalue weighted by molar-refractivity contribution is -0.0306. The molecule has 5 nitrogen and oxygen atoms in total. The normalized spacial score (nSPS) is 14.2. The monoisotopic (exact) mass is 256 g/mol. The van der Waals surface area contributed by atoms with E-state index in [9.17, 15) is 5.11 Å². The van der Waals surface area contributed by atoms with E-state index >= 15 is 0 Å². The van der Waals surface area contributed by atoms with Gasteiger partial charge in [-0.05, 0) is 18.8 Å². The minimum atomic E-state index is -0.482. The van der Waals surface area contributed by atoms with Gasteiger partial charge < -0.3 is 14.4 Å². The lowest BCUT2D eigenvalue weighted by atomic mass is 9.96. The number of rotatable bonds is 7. The average Bonchev–Trinajstić information content (AvgIpc) is 2.81. The molecule has 0 saturated carbocycles. The van der Waals surface area contributed by atoms with Gasteiger partial charge in [-0.3, -0.25) is 0 Å². The number of aromatic nitrogens is 2. The van der Waals surface area contributed by atoms with E-state index in [4.69, 9.17) is 9.26 Å². The fraction of sp³-hybridized carbons (Fsp3) is 0.846. The van der Waals surface area contributed by atoms with Crippen molar-refractivity contribution in [3.8, 4) is 0 Å². The van der Waals surface area contributed by atoms with Gasteiger partial charge in [0.05, 0.1) is 12.5 Å². The van der Waals surface area contributed by atoms with E-state index in [1.807, 2.05) is 27.7 Å². The summed E-state index contributed by atoms with van der Waals surface area (Å²) < 4.78 is 10.7. The van der Waals surface area contributed by atoms with Gasteiger partial charge in [0.2, 0.25) is 11.7 Å². The van der Waals surface area contributed by atoms with Gasteiger partial charge >= 0.3 is 0 Å². The van der Waals surface area contributed by atoms with Crippen LogP contribution in [-0.2, 0) is 16.8 Å². The maximum Gasteiger partial charge on any atom is 0.229 e. The molecule has 0 aliphatic carbocycles. The molecular weight excluding hydrogens is 232 g/mol. The largest absolute Gasteiger partial charge is 0.392 e.